The number of aryl methyl sites for hydroxylation is 1. The molecular weight excluding hydrogens is 296 g/mol. The molecule has 0 saturated heterocycles. The van der Waals surface area contributed by atoms with E-state index in [1.807, 2.05) is 0 Å². The summed E-state index contributed by atoms with van der Waals surface area (Å²) in [6.45, 7) is 1.84. The molecule has 0 aromatic heterocycles. The molecule has 116 valence electrons. The van der Waals surface area contributed by atoms with Gasteiger partial charge in [-0.15, -0.1) is 11.6 Å². The molecule has 1 aliphatic rings. The summed E-state index contributed by atoms with van der Waals surface area (Å²) in [4.78, 5) is 14.2. The minimum absolute atomic E-state index is 0.0318. The van der Waals surface area contributed by atoms with Gasteiger partial charge in [0, 0.05) is 18.5 Å². The molecule has 0 atom stereocenters. The molecule has 0 N–H and O–H groups in total. The van der Waals surface area contributed by atoms with E-state index in [0.29, 0.717) is 6.54 Å². The highest BCUT2D eigenvalue weighted by Gasteiger charge is 2.29. The van der Waals surface area contributed by atoms with Gasteiger partial charge in [-0.05, 0) is 31.4 Å². The molecule has 1 amide bonds. The first kappa shape index (κ1) is 16.2. The number of carbonyl (C=O) groups excluding carboxylic acids is 1. The molecule has 1 saturated carbocycles. The van der Waals surface area contributed by atoms with E-state index < -0.39 is 23.1 Å². The Morgan fingerprint density at radius 2 is 1.95 bits per heavy atom. The van der Waals surface area contributed by atoms with Crippen LogP contribution >= 0.6 is 11.6 Å². The van der Waals surface area contributed by atoms with Crippen molar-refractivity contribution >= 4 is 17.5 Å². The summed E-state index contributed by atoms with van der Waals surface area (Å²) in [5.74, 6) is -1.90. The van der Waals surface area contributed by atoms with Gasteiger partial charge in [0.15, 0.2) is 0 Å². The third kappa shape index (κ3) is 3.54. The number of hydrogen-bond acceptors (Lipinski definition) is 1. The fourth-order valence-electron chi connectivity index (χ4n) is 2.93. The monoisotopic (exact) mass is 315 g/mol. The fourth-order valence-corrected chi connectivity index (χ4v) is 3.11. The van der Waals surface area contributed by atoms with E-state index in [9.17, 15) is 13.6 Å². The van der Waals surface area contributed by atoms with E-state index >= 15 is 0 Å². The van der Waals surface area contributed by atoms with Crippen molar-refractivity contribution in [3.05, 3.63) is 34.9 Å². The van der Waals surface area contributed by atoms with Gasteiger partial charge < -0.3 is 4.90 Å². The average Bonchev–Trinajstić information content (AvgIpc) is 2.49. The topological polar surface area (TPSA) is 20.3 Å². The summed E-state index contributed by atoms with van der Waals surface area (Å²) in [7, 11) is 0. The molecule has 0 spiro atoms. The molecule has 5 heteroatoms. The Bertz CT molecular complexity index is 515. The minimum Gasteiger partial charge on any atom is -0.334 e. The molecule has 0 bridgehead atoms. The molecule has 0 unspecified atom stereocenters. The third-order valence-corrected chi connectivity index (χ3v) is 4.27. The fraction of sp³-hybridized carbons (Fsp3) is 0.562. The van der Waals surface area contributed by atoms with Gasteiger partial charge in [-0.2, -0.15) is 0 Å². The van der Waals surface area contributed by atoms with Crippen molar-refractivity contribution < 1.29 is 13.6 Å². The first-order valence-corrected chi connectivity index (χ1v) is 7.91. The average molecular weight is 316 g/mol. The number of alkyl halides is 1. The van der Waals surface area contributed by atoms with Crippen molar-refractivity contribution in [2.24, 2.45) is 0 Å². The lowest BCUT2D eigenvalue weighted by Crippen LogP contribution is -2.43. The van der Waals surface area contributed by atoms with Crippen LogP contribution < -0.4 is 0 Å². The van der Waals surface area contributed by atoms with E-state index in [1.54, 1.807) is 4.90 Å². The number of nitrogens with zero attached hydrogens (tertiary/aromatic N) is 1. The van der Waals surface area contributed by atoms with Crippen LogP contribution in [-0.4, -0.2) is 29.3 Å². The second-order valence-corrected chi connectivity index (χ2v) is 5.91. The van der Waals surface area contributed by atoms with Gasteiger partial charge in [0.2, 0.25) is 0 Å². The quantitative estimate of drug-likeness (QED) is 0.759. The van der Waals surface area contributed by atoms with Crippen molar-refractivity contribution in [2.45, 2.75) is 45.1 Å². The molecule has 2 rings (SSSR count). The lowest BCUT2D eigenvalue weighted by atomic mass is 9.93. The van der Waals surface area contributed by atoms with Crippen LogP contribution in [0.2, 0.25) is 0 Å². The predicted molar refractivity (Wildman–Crippen MR) is 79.7 cm³/mol. The highest BCUT2D eigenvalue weighted by atomic mass is 35.5. The van der Waals surface area contributed by atoms with Crippen LogP contribution in [0, 0.1) is 18.6 Å². The maximum Gasteiger partial charge on any atom is 0.260 e. The first-order chi connectivity index (χ1) is 10.1. The number of amides is 1. The Balaban J connectivity index is 2.32. The summed E-state index contributed by atoms with van der Waals surface area (Å²) in [6, 6.07) is 2.52. The molecule has 1 aromatic rings. The van der Waals surface area contributed by atoms with Crippen LogP contribution in [0.15, 0.2) is 12.1 Å². The molecular formula is C16H20ClF2NO. The van der Waals surface area contributed by atoms with Gasteiger partial charge in [0.05, 0.1) is 0 Å². The second kappa shape index (κ2) is 7.21. The summed E-state index contributed by atoms with van der Waals surface area (Å²) in [6.07, 6.45) is 4.97. The first-order valence-electron chi connectivity index (χ1n) is 7.37. The molecule has 0 heterocycles. The second-order valence-electron chi connectivity index (χ2n) is 5.53. The normalized spacial score (nSPS) is 16.0. The number of hydrogen-bond donors (Lipinski definition) is 0. The number of halogens is 3. The molecule has 21 heavy (non-hydrogen) atoms. The van der Waals surface area contributed by atoms with Crippen LogP contribution in [0.4, 0.5) is 8.78 Å². The third-order valence-electron chi connectivity index (χ3n) is 4.10. The molecule has 2 nitrogen and oxygen atoms in total. The van der Waals surface area contributed by atoms with E-state index in [4.69, 9.17) is 11.6 Å². The summed E-state index contributed by atoms with van der Waals surface area (Å²) >= 11 is 5.78. The standard InChI is InChI=1S/C16H20ClF2NO/c1-11-7-8-13(18)14(15(11)19)16(21)20(10-9-17)12-5-3-2-4-6-12/h7-8,12H,2-6,9-10H2,1H3. The summed E-state index contributed by atoms with van der Waals surface area (Å²) < 4.78 is 28.1. The van der Waals surface area contributed by atoms with Crippen LogP contribution in [0.5, 0.6) is 0 Å². The van der Waals surface area contributed by atoms with Crippen molar-refractivity contribution in [1.29, 1.82) is 0 Å². The zero-order valence-electron chi connectivity index (χ0n) is 12.2. The molecule has 1 aromatic carbocycles. The van der Waals surface area contributed by atoms with Gasteiger partial charge >= 0.3 is 0 Å². The number of benzene rings is 1. The van der Waals surface area contributed by atoms with E-state index in [1.165, 1.54) is 13.0 Å². The van der Waals surface area contributed by atoms with Crippen LogP contribution in [0.3, 0.4) is 0 Å². The lowest BCUT2D eigenvalue weighted by Gasteiger charge is -2.34. The van der Waals surface area contributed by atoms with E-state index in [2.05, 4.69) is 0 Å². The maximum absolute atomic E-state index is 14.2. The van der Waals surface area contributed by atoms with E-state index in [-0.39, 0.29) is 17.5 Å². The molecule has 1 fully saturated rings. The highest BCUT2D eigenvalue weighted by molar-refractivity contribution is 6.18. The van der Waals surface area contributed by atoms with Crippen LogP contribution in [0.1, 0.15) is 48.0 Å². The predicted octanol–water partition coefficient (Wildman–Crippen LogP) is 4.29. The van der Waals surface area contributed by atoms with Crippen molar-refractivity contribution in [1.82, 2.24) is 4.90 Å². The SMILES string of the molecule is Cc1ccc(F)c(C(=O)N(CCCl)C2CCCCC2)c1F. The van der Waals surface area contributed by atoms with Gasteiger partial charge in [-0.25, -0.2) is 8.78 Å². The van der Waals surface area contributed by atoms with Gasteiger partial charge in [0.25, 0.3) is 5.91 Å². The Kier molecular flexibility index (Phi) is 5.57. The number of rotatable bonds is 4. The Morgan fingerprint density at radius 1 is 1.29 bits per heavy atom. The number of carbonyl (C=O) groups is 1. The molecule has 0 radical (unpaired) electrons. The van der Waals surface area contributed by atoms with E-state index in [0.717, 1.165) is 38.2 Å². The van der Waals surface area contributed by atoms with Gasteiger partial charge in [0.1, 0.15) is 17.2 Å². The minimum atomic E-state index is -0.807. The van der Waals surface area contributed by atoms with Crippen molar-refractivity contribution in [2.75, 3.05) is 12.4 Å². The smallest absolute Gasteiger partial charge is 0.260 e. The van der Waals surface area contributed by atoms with Crippen LogP contribution in [0.25, 0.3) is 0 Å². The van der Waals surface area contributed by atoms with Crippen LogP contribution in [-0.2, 0) is 0 Å². The zero-order valence-corrected chi connectivity index (χ0v) is 12.9. The van der Waals surface area contributed by atoms with Crippen molar-refractivity contribution in [3.8, 4) is 0 Å². The van der Waals surface area contributed by atoms with Gasteiger partial charge in [-0.1, -0.05) is 25.3 Å². The Labute approximate surface area is 129 Å². The Hall–Kier alpha value is -1.16. The van der Waals surface area contributed by atoms with Gasteiger partial charge in [-0.3, -0.25) is 4.79 Å². The summed E-state index contributed by atoms with van der Waals surface area (Å²) in [5.41, 5.74) is -0.181. The Morgan fingerprint density at radius 3 is 2.57 bits per heavy atom. The lowest BCUT2D eigenvalue weighted by molar-refractivity contribution is 0.0639. The molecule has 0 aliphatic heterocycles. The zero-order chi connectivity index (χ0) is 15.4. The highest BCUT2D eigenvalue weighted by Crippen LogP contribution is 2.26. The maximum atomic E-state index is 14.2. The van der Waals surface area contributed by atoms with Crippen molar-refractivity contribution in [3.63, 3.8) is 0 Å². The molecule has 1 aliphatic carbocycles. The summed E-state index contributed by atoms with van der Waals surface area (Å²) in [5, 5.41) is 0. The largest absolute Gasteiger partial charge is 0.334 e.